The highest BCUT2D eigenvalue weighted by atomic mass is 19.1. The van der Waals surface area contributed by atoms with E-state index in [1.807, 2.05) is 6.92 Å². The van der Waals surface area contributed by atoms with E-state index in [0.717, 1.165) is 25.8 Å². The Morgan fingerprint density at radius 2 is 2.08 bits per heavy atom. The Balaban J connectivity index is 1.61. The number of hydrogen-bond acceptors (Lipinski definition) is 3. The summed E-state index contributed by atoms with van der Waals surface area (Å²) in [6, 6.07) is 4.02. The van der Waals surface area contributed by atoms with E-state index in [1.165, 1.54) is 18.2 Å². The molecule has 5 nitrogen and oxygen atoms in total. The Hall–Kier alpha value is -1.89. The fourth-order valence-corrected chi connectivity index (χ4v) is 3.18. The molecule has 1 heterocycles. The standard InChI is InChI=1S/C18H26F2N4O/c1-2-21-17(22-11-18(12-25)7-8-18)23-13-6-9-24(10-13)16-14(19)4-3-5-15(16)20/h3-5,13,25H,2,6-12H2,1H3,(H2,21,22,23). The minimum atomic E-state index is -0.528. The van der Waals surface area contributed by atoms with Gasteiger partial charge in [0.15, 0.2) is 5.96 Å². The molecule has 138 valence electrons. The molecule has 2 fully saturated rings. The molecule has 0 radical (unpaired) electrons. The first-order valence-corrected chi connectivity index (χ1v) is 8.91. The number of aliphatic hydroxyl groups is 1. The molecule has 2 aliphatic rings. The SMILES string of the molecule is CCNC(=NCC1(CO)CC1)NC1CCN(c2c(F)cccc2F)C1. The van der Waals surface area contributed by atoms with Gasteiger partial charge in [0.25, 0.3) is 0 Å². The fraction of sp³-hybridized carbons (Fsp3) is 0.611. The van der Waals surface area contributed by atoms with E-state index in [4.69, 9.17) is 0 Å². The van der Waals surface area contributed by atoms with Crippen LogP contribution in [0.15, 0.2) is 23.2 Å². The zero-order valence-corrected chi connectivity index (χ0v) is 14.6. The molecule has 3 N–H and O–H groups in total. The van der Waals surface area contributed by atoms with E-state index < -0.39 is 11.6 Å². The molecular weight excluding hydrogens is 326 g/mol. The Kier molecular flexibility index (Phi) is 5.42. The Bertz CT molecular complexity index is 613. The summed E-state index contributed by atoms with van der Waals surface area (Å²) in [5, 5.41) is 16.0. The Morgan fingerprint density at radius 1 is 1.36 bits per heavy atom. The van der Waals surface area contributed by atoms with Crippen molar-refractivity contribution in [2.75, 3.05) is 37.7 Å². The van der Waals surface area contributed by atoms with Crippen molar-refractivity contribution < 1.29 is 13.9 Å². The lowest BCUT2D eigenvalue weighted by molar-refractivity contribution is 0.217. The fourth-order valence-electron chi connectivity index (χ4n) is 3.18. The van der Waals surface area contributed by atoms with Gasteiger partial charge in [0, 0.05) is 31.1 Å². The lowest BCUT2D eigenvalue weighted by Gasteiger charge is -2.21. The van der Waals surface area contributed by atoms with Crippen LogP contribution in [0.25, 0.3) is 0 Å². The summed E-state index contributed by atoms with van der Waals surface area (Å²) in [4.78, 5) is 6.32. The molecule has 1 saturated heterocycles. The van der Waals surface area contributed by atoms with E-state index in [1.54, 1.807) is 4.90 Å². The van der Waals surface area contributed by atoms with Crippen molar-refractivity contribution in [3.63, 3.8) is 0 Å². The second-order valence-corrected chi connectivity index (χ2v) is 7.00. The summed E-state index contributed by atoms with van der Waals surface area (Å²) < 4.78 is 27.9. The van der Waals surface area contributed by atoms with Crippen molar-refractivity contribution in [3.8, 4) is 0 Å². The molecule has 0 amide bonds. The average Bonchev–Trinajstić information content (AvgIpc) is 3.24. The number of guanidine groups is 1. The quantitative estimate of drug-likeness (QED) is 0.540. The Morgan fingerprint density at radius 3 is 2.68 bits per heavy atom. The predicted octanol–water partition coefficient (Wildman–Crippen LogP) is 1.87. The van der Waals surface area contributed by atoms with Gasteiger partial charge in [-0.05, 0) is 38.3 Å². The number of aliphatic imine (C=N–C) groups is 1. The van der Waals surface area contributed by atoms with Crippen LogP contribution in [0.1, 0.15) is 26.2 Å². The third-order valence-electron chi connectivity index (χ3n) is 4.99. The van der Waals surface area contributed by atoms with Crippen molar-refractivity contribution in [3.05, 3.63) is 29.8 Å². The molecule has 0 bridgehead atoms. The molecule has 0 spiro atoms. The summed E-state index contributed by atoms with van der Waals surface area (Å²) in [7, 11) is 0. The average molecular weight is 352 g/mol. The lowest BCUT2D eigenvalue weighted by atomic mass is 10.1. The second-order valence-electron chi connectivity index (χ2n) is 7.00. The predicted molar refractivity (Wildman–Crippen MR) is 94.8 cm³/mol. The van der Waals surface area contributed by atoms with Crippen LogP contribution in [0, 0.1) is 17.0 Å². The minimum absolute atomic E-state index is 0.0413. The van der Waals surface area contributed by atoms with Crippen LogP contribution in [-0.2, 0) is 0 Å². The van der Waals surface area contributed by atoms with Crippen LogP contribution in [0.4, 0.5) is 14.5 Å². The normalized spacial score (nSPS) is 22.2. The van der Waals surface area contributed by atoms with Gasteiger partial charge in [-0.2, -0.15) is 0 Å². The number of nitrogens with one attached hydrogen (secondary N) is 2. The number of anilines is 1. The molecule has 1 aromatic carbocycles. The number of aliphatic hydroxyl groups excluding tert-OH is 1. The molecule has 1 atom stereocenters. The summed E-state index contributed by atoms with van der Waals surface area (Å²) in [6.45, 7) is 4.60. The van der Waals surface area contributed by atoms with Crippen LogP contribution in [0.5, 0.6) is 0 Å². The number of halogens is 2. The van der Waals surface area contributed by atoms with Gasteiger partial charge in [0.2, 0.25) is 0 Å². The number of hydrogen-bond donors (Lipinski definition) is 3. The van der Waals surface area contributed by atoms with Crippen molar-refractivity contribution >= 4 is 11.6 Å². The van der Waals surface area contributed by atoms with Crippen LogP contribution >= 0.6 is 0 Å². The highest BCUT2D eigenvalue weighted by molar-refractivity contribution is 5.80. The van der Waals surface area contributed by atoms with Crippen molar-refractivity contribution in [1.82, 2.24) is 10.6 Å². The van der Waals surface area contributed by atoms with Crippen molar-refractivity contribution in [2.45, 2.75) is 32.2 Å². The van der Waals surface area contributed by atoms with E-state index >= 15 is 0 Å². The topological polar surface area (TPSA) is 59.9 Å². The highest BCUT2D eigenvalue weighted by Crippen LogP contribution is 2.45. The lowest BCUT2D eigenvalue weighted by Crippen LogP contribution is -2.45. The first-order chi connectivity index (χ1) is 12.1. The van der Waals surface area contributed by atoms with Gasteiger partial charge in [0.1, 0.15) is 17.3 Å². The zero-order chi connectivity index (χ0) is 17.9. The van der Waals surface area contributed by atoms with Crippen LogP contribution in [-0.4, -0.2) is 49.9 Å². The first kappa shape index (κ1) is 17.9. The largest absolute Gasteiger partial charge is 0.396 e. The van der Waals surface area contributed by atoms with Gasteiger partial charge in [-0.25, -0.2) is 8.78 Å². The molecule has 1 aliphatic carbocycles. The van der Waals surface area contributed by atoms with E-state index in [2.05, 4.69) is 15.6 Å². The molecule has 1 aliphatic heterocycles. The van der Waals surface area contributed by atoms with Crippen LogP contribution in [0.2, 0.25) is 0 Å². The highest BCUT2D eigenvalue weighted by Gasteiger charge is 2.41. The molecule has 25 heavy (non-hydrogen) atoms. The summed E-state index contributed by atoms with van der Waals surface area (Å²) in [5.74, 6) is -0.359. The second kappa shape index (κ2) is 7.56. The maximum atomic E-state index is 13.9. The van der Waals surface area contributed by atoms with E-state index in [0.29, 0.717) is 25.6 Å². The summed E-state index contributed by atoms with van der Waals surface area (Å²) in [5.41, 5.74) is 0.00587. The van der Waals surface area contributed by atoms with Crippen molar-refractivity contribution in [1.29, 1.82) is 0 Å². The number of para-hydroxylation sites is 1. The van der Waals surface area contributed by atoms with Gasteiger partial charge in [-0.3, -0.25) is 4.99 Å². The molecule has 1 unspecified atom stereocenters. The maximum absolute atomic E-state index is 13.9. The minimum Gasteiger partial charge on any atom is -0.396 e. The van der Waals surface area contributed by atoms with E-state index in [9.17, 15) is 13.9 Å². The smallest absolute Gasteiger partial charge is 0.191 e. The molecule has 1 aromatic rings. The zero-order valence-electron chi connectivity index (χ0n) is 14.6. The molecule has 7 heteroatoms. The van der Waals surface area contributed by atoms with Gasteiger partial charge >= 0.3 is 0 Å². The number of benzene rings is 1. The summed E-state index contributed by atoms with van der Waals surface area (Å²) >= 11 is 0. The van der Waals surface area contributed by atoms with Crippen LogP contribution < -0.4 is 15.5 Å². The monoisotopic (exact) mass is 352 g/mol. The van der Waals surface area contributed by atoms with Gasteiger partial charge in [0.05, 0.1) is 13.2 Å². The van der Waals surface area contributed by atoms with Gasteiger partial charge in [-0.1, -0.05) is 6.07 Å². The molecule has 0 aromatic heterocycles. The van der Waals surface area contributed by atoms with Crippen molar-refractivity contribution in [2.24, 2.45) is 10.4 Å². The Labute approximate surface area is 147 Å². The molecular formula is C18H26F2N4O. The molecule has 3 rings (SSSR count). The first-order valence-electron chi connectivity index (χ1n) is 8.91. The van der Waals surface area contributed by atoms with Gasteiger partial charge in [-0.15, -0.1) is 0 Å². The maximum Gasteiger partial charge on any atom is 0.191 e. The third kappa shape index (κ3) is 4.21. The third-order valence-corrected chi connectivity index (χ3v) is 4.99. The number of nitrogens with zero attached hydrogens (tertiary/aromatic N) is 2. The van der Waals surface area contributed by atoms with E-state index in [-0.39, 0.29) is 23.8 Å². The van der Waals surface area contributed by atoms with Gasteiger partial charge < -0.3 is 20.6 Å². The van der Waals surface area contributed by atoms with Crippen LogP contribution in [0.3, 0.4) is 0 Å². The molecule has 1 saturated carbocycles. The summed E-state index contributed by atoms with van der Waals surface area (Å²) in [6.07, 6.45) is 2.80. The number of rotatable bonds is 6.